The Morgan fingerprint density at radius 3 is 2.48 bits per heavy atom. The van der Waals surface area contributed by atoms with Crippen LogP contribution in [-0.4, -0.2) is 96.0 Å². The Morgan fingerprint density at radius 2 is 1.70 bits per heavy atom. The lowest BCUT2D eigenvalue weighted by atomic mass is 9.48. The maximum atomic E-state index is 13.3. The highest BCUT2D eigenvalue weighted by Gasteiger charge is 2.54. The first kappa shape index (κ1) is 40.8. The Kier molecular flexibility index (Phi) is 12.0. The molecule has 3 atom stereocenters. The molecule has 4 aliphatic carbocycles. The number of aromatic nitrogens is 2. The Morgan fingerprint density at radius 1 is 0.933 bits per heavy atom. The highest BCUT2D eigenvalue weighted by Crippen LogP contribution is 2.59. The van der Waals surface area contributed by atoms with Gasteiger partial charge in [-0.3, -0.25) is 34.2 Å². The number of para-hydroxylation sites is 1. The highest BCUT2D eigenvalue weighted by atomic mass is 16.5. The molecule has 1 aromatic heterocycles. The van der Waals surface area contributed by atoms with Crippen molar-refractivity contribution in [3.05, 3.63) is 70.9 Å². The molecule has 3 aromatic rings. The van der Waals surface area contributed by atoms with Gasteiger partial charge >= 0.3 is 0 Å². The van der Waals surface area contributed by atoms with Crippen LogP contribution in [0.3, 0.4) is 0 Å². The number of piperidine rings is 1. The van der Waals surface area contributed by atoms with E-state index in [-0.39, 0.29) is 68.1 Å². The van der Waals surface area contributed by atoms with E-state index in [1.807, 2.05) is 24.3 Å². The molecule has 314 valence electrons. The number of anilines is 4. The third kappa shape index (κ3) is 8.67. The zero-order valence-corrected chi connectivity index (χ0v) is 33.3. The number of hydrogen-bond acceptors (Lipinski definition) is 14. The summed E-state index contributed by atoms with van der Waals surface area (Å²) < 4.78 is 11.3. The Balaban J connectivity index is 0.737. The largest absolute Gasteiger partial charge is 0.382 e. The molecule has 3 unspecified atom stereocenters. The predicted octanol–water partition coefficient (Wildman–Crippen LogP) is 3.40. The summed E-state index contributed by atoms with van der Waals surface area (Å²) in [4.78, 5) is 73.1. The Hall–Kier alpha value is -5.96. The number of imide groups is 2. The summed E-state index contributed by atoms with van der Waals surface area (Å²) in [6.45, 7) is 2.45. The van der Waals surface area contributed by atoms with E-state index < -0.39 is 29.7 Å². The summed E-state index contributed by atoms with van der Waals surface area (Å²) in [5.41, 5.74) is 9.47. The lowest BCUT2D eigenvalue weighted by Gasteiger charge is -2.59. The van der Waals surface area contributed by atoms with Gasteiger partial charge in [-0.2, -0.15) is 10.2 Å². The van der Waals surface area contributed by atoms with Crippen LogP contribution in [-0.2, 0) is 30.4 Å². The smallest absolute Gasteiger partial charge is 0.264 e. The minimum Gasteiger partial charge on any atom is -0.382 e. The van der Waals surface area contributed by atoms with E-state index in [9.17, 15) is 29.2 Å². The van der Waals surface area contributed by atoms with Crippen molar-refractivity contribution in [2.75, 3.05) is 60.8 Å². The molecular formula is C43H50N10O7. The maximum absolute atomic E-state index is 13.3. The van der Waals surface area contributed by atoms with Crippen LogP contribution in [0.15, 0.2) is 48.7 Å². The summed E-state index contributed by atoms with van der Waals surface area (Å²) in [7, 11) is 0. The minimum atomic E-state index is -1.04. The number of nitriles is 1. The first-order chi connectivity index (χ1) is 29.1. The molecule has 0 radical (unpaired) electrons. The third-order valence-electron chi connectivity index (χ3n) is 12.6. The number of carbonyl (C=O) groups is 5. The summed E-state index contributed by atoms with van der Waals surface area (Å²) in [6, 6.07) is 13.8. The van der Waals surface area contributed by atoms with Gasteiger partial charge in [-0.15, -0.1) is 0 Å². The first-order valence-corrected chi connectivity index (χ1v) is 20.7. The van der Waals surface area contributed by atoms with E-state index in [0.717, 1.165) is 35.8 Å². The molecule has 6 aliphatic rings. The van der Waals surface area contributed by atoms with Crippen molar-refractivity contribution in [2.45, 2.75) is 70.0 Å². The molecule has 3 heterocycles. The van der Waals surface area contributed by atoms with Crippen LogP contribution in [0.2, 0.25) is 0 Å². The standard InChI is InChI=1S/C43H50N10O7/c44-21-29-23-48-42(52-38(29)49-24-43-18-25-16-27(19-43)37(45)28(17-25)20-43)47-22-26-4-1-2-6-31(26)50-35(55)10-12-59-14-15-60-13-11-46-32-7-3-5-30-36(32)41(58)53(40(30)57)33-8-9-34(54)51-39(33)56/h1-7,23,25,27-28,33,37,46H,8-20,22,24,45H2,(H,50,55)(H,51,54,56)(H2,47,48,49,52). The number of hydrogen-bond donors (Lipinski definition) is 6. The van der Waals surface area contributed by atoms with Crippen molar-refractivity contribution in [3.8, 4) is 6.07 Å². The second-order valence-electron chi connectivity index (χ2n) is 16.6. The van der Waals surface area contributed by atoms with Gasteiger partial charge in [-0.1, -0.05) is 24.3 Å². The van der Waals surface area contributed by atoms with Gasteiger partial charge in [0.05, 0.1) is 50.2 Å². The number of benzene rings is 2. The van der Waals surface area contributed by atoms with Gasteiger partial charge < -0.3 is 36.5 Å². The van der Waals surface area contributed by atoms with Crippen LogP contribution in [0.1, 0.15) is 83.2 Å². The van der Waals surface area contributed by atoms with E-state index in [0.29, 0.717) is 59.7 Å². The molecule has 5 fully saturated rings. The fraction of sp³-hybridized carbons (Fsp3) is 0.488. The minimum absolute atomic E-state index is 0.0483. The van der Waals surface area contributed by atoms with Crippen LogP contribution in [0.25, 0.3) is 0 Å². The van der Waals surface area contributed by atoms with Crippen LogP contribution >= 0.6 is 0 Å². The Labute approximate surface area is 347 Å². The zero-order valence-electron chi connectivity index (χ0n) is 33.3. The van der Waals surface area contributed by atoms with E-state index >= 15 is 0 Å². The van der Waals surface area contributed by atoms with Gasteiger partial charge in [0.15, 0.2) is 0 Å². The maximum Gasteiger partial charge on any atom is 0.264 e. The number of ether oxygens (including phenoxy) is 2. The molecule has 4 saturated carbocycles. The average molecular weight is 819 g/mol. The SMILES string of the molecule is N#Cc1cnc(NCc2ccccc2NC(=O)CCOCCOCCNc2cccc3c2C(=O)N(C2CCC(=O)NC2=O)C3=O)nc1NCC12CC3CC(C1)C(N)C(C3)C2. The number of nitrogens with zero attached hydrogens (tertiary/aromatic N) is 4. The molecule has 2 aromatic carbocycles. The average Bonchev–Trinajstić information content (AvgIpc) is 3.49. The van der Waals surface area contributed by atoms with E-state index in [2.05, 4.69) is 42.6 Å². The molecule has 4 bridgehead atoms. The topological polar surface area (TPSA) is 243 Å². The highest BCUT2D eigenvalue weighted by molar-refractivity contribution is 6.25. The molecule has 0 spiro atoms. The van der Waals surface area contributed by atoms with Gasteiger partial charge in [0.2, 0.25) is 23.7 Å². The summed E-state index contributed by atoms with van der Waals surface area (Å²) >= 11 is 0. The fourth-order valence-electron chi connectivity index (χ4n) is 9.99. The van der Waals surface area contributed by atoms with Crippen molar-refractivity contribution in [3.63, 3.8) is 0 Å². The predicted molar refractivity (Wildman–Crippen MR) is 219 cm³/mol. The van der Waals surface area contributed by atoms with Gasteiger partial charge in [-0.25, -0.2) is 4.98 Å². The van der Waals surface area contributed by atoms with Gasteiger partial charge in [-0.05, 0) is 85.5 Å². The second kappa shape index (κ2) is 17.7. The van der Waals surface area contributed by atoms with E-state index in [4.69, 9.17) is 15.2 Å². The molecule has 1 saturated heterocycles. The van der Waals surface area contributed by atoms with Crippen molar-refractivity contribution in [2.24, 2.45) is 28.9 Å². The monoisotopic (exact) mass is 818 g/mol. The number of fused-ring (bicyclic) bond motifs is 1. The lowest BCUT2D eigenvalue weighted by Crippen LogP contribution is -2.58. The van der Waals surface area contributed by atoms with Crippen molar-refractivity contribution in [1.29, 1.82) is 5.26 Å². The molecule has 7 N–H and O–H groups in total. The summed E-state index contributed by atoms with van der Waals surface area (Å²) in [6.07, 6.45) is 7.74. The summed E-state index contributed by atoms with van der Waals surface area (Å²) in [5, 5.41) is 24.8. The third-order valence-corrected chi connectivity index (χ3v) is 12.6. The Bertz CT molecular complexity index is 2190. The second-order valence-corrected chi connectivity index (χ2v) is 16.6. The normalized spacial score (nSPS) is 25.1. The molecule has 17 heteroatoms. The van der Waals surface area contributed by atoms with Crippen molar-refractivity contribution in [1.82, 2.24) is 20.2 Å². The molecule has 17 nitrogen and oxygen atoms in total. The van der Waals surface area contributed by atoms with Crippen LogP contribution in [0.5, 0.6) is 0 Å². The molecule has 5 amide bonds. The quantitative estimate of drug-likeness (QED) is 0.0797. The lowest BCUT2D eigenvalue weighted by molar-refractivity contribution is -0.136. The number of nitrogens with one attached hydrogen (secondary N) is 5. The van der Waals surface area contributed by atoms with Crippen LogP contribution in [0, 0.1) is 34.5 Å². The number of amides is 5. The van der Waals surface area contributed by atoms with E-state index in [1.165, 1.54) is 31.5 Å². The van der Waals surface area contributed by atoms with Crippen LogP contribution in [0.4, 0.5) is 23.1 Å². The van der Waals surface area contributed by atoms with Crippen molar-refractivity contribution >= 4 is 52.7 Å². The van der Waals surface area contributed by atoms with Gasteiger partial charge in [0, 0.05) is 43.5 Å². The van der Waals surface area contributed by atoms with E-state index in [1.54, 1.807) is 12.1 Å². The first-order valence-electron chi connectivity index (χ1n) is 20.7. The molecule has 9 rings (SSSR count). The molecule has 60 heavy (non-hydrogen) atoms. The van der Waals surface area contributed by atoms with Crippen LogP contribution < -0.4 is 32.3 Å². The number of rotatable bonds is 18. The zero-order chi connectivity index (χ0) is 41.8. The number of carbonyl (C=O) groups excluding carboxylic acids is 5. The molecule has 2 aliphatic heterocycles. The summed E-state index contributed by atoms with van der Waals surface area (Å²) in [5.74, 6) is 0.371. The fourth-order valence-corrected chi connectivity index (χ4v) is 9.99. The van der Waals surface area contributed by atoms with Crippen molar-refractivity contribution < 1.29 is 33.4 Å². The molecular weight excluding hydrogens is 769 g/mol. The van der Waals surface area contributed by atoms with Gasteiger partial charge in [0.1, 0.15) is 23.5 Å². The number of nitrogens with two attached hydrogens (primary N) is 1. The van der Waals surface area contributed by atoms with Gasteiger partial charge in [0.25, 0.3) is 11.8 Å².